The summed E-state index contributed by atoms with van der Waals surface area (Å²) in [7, 11) is 1.79. The van der Waals surface area contributed by atoms with Crippen LogP contribution in [0.25, 0.3) is 0 Å². The predicted molar refractivity (Wildman–Crippen MR) is 65.1 cm³/mol. The van der Waals surface area contributed by atoms with Gasteiger partial charge < -0.3 is 10.1 Å². The summed E-state index contributed by atoms with van der Waals surface area (Å²) in [5, 5.41) is 3.80. The van der Waals surface area contributed by atoms with E-state index in [1.54, 1.807) is 7.11 Å². The minimum atomic E-state index is 0.384. The maximum absolute atomic E-state index is 5.16. The topological polar surface area (TPSA) is 21.3 Å². The summed E-state index contributed by atoms with van der Waals surface area (Å²) in [6, 6.07) is 0. The van der Waals surface area contributed by atoms with Crippen LogP contribution in [0.1, 0.15) is 52.4 Å². The van der Waals surface area contributed by atoms with Gasteiger partial charge in [0.25, 0.3) is 0 Å². The van der Waals surface area contributed by atoms with E-state index >= 15 is 0 Å². The first-order chi connectivity index (χ1) is 7.21. The fraction of sp³-hybridized carbons (Fsp3) is 1.00. The smallest absolute Gasteiger partial charge is 0.0462 e. The fourth-order valence-electron chi connectivity index (χ4n) is 2.69. The van der Waals surface area contributed by atoms with Crippen molar-refractivity contribution in [3.8, 4) is 0 Å². The van der Waals surface area contributed by atoms with Crippen molar-refractivity contribution in [3.05, 3.63) is 0 Å². The molecule has 0 aromatic carbocycles. The molecule has 0 bridgehead atoms. The Labute approximate surface area is 94.8 Å². The molecule has 1 N–H and O–H groups in total. The van der Waals surface area contributed by atoms with Crippen molar-refractivity contribution in [1.29, 1.82) is 0 Å². The summed E-state index contributed by atoms with van der Waals surface area (Å²) in [5.41, 5.74) is 0.384. The van der Waals surface area contributed by atoms with Gasteiger partial charge in [-0.3, -0.25) is 0 Å². The number of hydrogen-bond acceptors (Lipinski definition) is 2. The quantitative estimate of drug-likeness (QED) is 0.709. The lowest BCUT2D eigenvalue weighted by Crippen LogP contribution is -2.49. The summed E-state index contributed by atoms with van der Waals surface area (Å²) in [5.74, 6) is 0.729. The van der Waals surface area contributed by atoms with E-state index in [-0.39, 0.29) is 0 Å². The largest absolute Gasteiger partial charge is 0.385 e. The van der Waals surface area contributed by atoms with Crippen LogP contribution in [-0.4, -0.2) is 25.8 Å². The van der Waals surface area contributed by atoms with Crippen molar-refractivity contribution in [2.75, 3.05) is 20.3 Å². The predicted octanol–water partition coefficient (Wildman–Crippen LogP) is 2.97. The van der Waals surface area contributed by atoms with Crippen LogP contribution in [0.15, 0.2) is 0 Å². The molecular formula is C13H27NO. The Bertz CT molecular complexity index is 160. The second kappa shape index (κ2) is 6.49. The zero-order valence-corrected chi connectivity index (χ0v) is 10.6. The van der Waals surface area contributed by atoms with Gasteiger partial charge in [-0.25, -0.2) is 0 Å². The third kappa shape index (κ3) is 3.76. The highest BCUT2D eigenvalue weighted by Gasteiger charge is 2.32. The van der Waals surface area contributed by atoms with E-state index in [9.17, 15) is 0 Å². The standard InChI is InChI=1S/C13H27NO/c1-12(2)13(9-7-11-15-3)8-5-4-6-10-14-13/h12,14H,4-11H2,1-3H3. The van der Waals surface area contributed by atoms with E-state index in [2.05, 4.69) is 19.2 Å². The van der Waals surface area contributed by atoms with E-state index in [4.69, 9.17) is 4.74 Å². The summed E-state index contributed by atoms with van der Waals surface area (Å²) in [4.78, 5) is 0. The number of ether oxygens (including phenoxy) is 1. The molecule has 0 amide bonds. The van der Waals surface area contributed by atoms with Crippen LogP contribution in [-0.2, 0) is 4.74 Å². The van der Waals surface area contributed by atoms with Gasteiger partial charge in [0.1, 0.15) is 0 Å². The molecule has 0 radical (unpaired) electrons. The third-order valence-corrected chi connectivity index (χ3v) is 3.85. The van der Waals surface area contributed by atoms with Crippen LogP contribution >= 0.6 is 0 Å². The van der Waals surface area contributed by atoms with E-state index in [0.29, 0.717) is 5.54 Å². The molecule has 2 heteroatoms. The van der Waals surface area contributed by atoms with Crippen LogP contribution in [0, 0.1) is 5.92 Å². The molecular weight excluding hydrogens is 186 g/mol. The molecule has 0 saturated carbocycles. The van der Waals surface area contributed by atoms with Gasteiger partial charge in [0, 0.05) is 19.3 Å². The van der Waals surface area contributed by atoms with Crippen molar-refractivity contribution in [1.82, 2.24) is 5.32 Å². The van der Waals surface area contributed by atoms with Crippen molar-refractivity contribution in [3.63, 3.8) is 0 Å². The molecule has 0 aromatic rings. The second-order valence-electron chi connectivity index (χ2n) is 5.14. The molecule has 1 aliphatic rings. The van der Waals surface area contributed by atoms with Gasteiger partial charge in [0.15, 0.2) is 0 Å². The van der Waals surface area contributed by atoms with E-state index in [1.807, 2.05) is 0 Å². The highest BCUT2D eigenvalue weighted by atomic mass is 16.5. The molecule has 1 atom stereocenters. The van der Waals surface area contributed by atoms with E-state index in [1.165, 1.54) is 45.1 Å². The van der Waals surface area contributed by atoms with Crippen molar-refractivity contribution < 1.29 is 4.74 Å². The number of rotatable bonds is 5. The average molecular weight is 213 g/mol. The first-order valence-corrected chi connectivity index (χ1v) is 6.45. The van der Waals surface area contributed by atoms with Crippen LogP contribution in [0.4, 0.5) is 0 Å². The molecule has 15 heavy (non-hydrogen) atoms. The lowest BCUT2D eigenvalue weighted by molar-refractivity contribution is 0.154. The highest BCUT2D eigenvalue weighted by molar-refractivity contribution is 4.92. The molecule has 90 valence electrons. The number of methoxy groups -OCH3 is 1. The number of hydrogen-bond donors (Lipinski definition) is 1. The van der Waals surface area contributed by atoms with Gasteiger partial charge in [0.05, 0.1) is 0 Å². The Morgan fingerprint density at radius 1 is 1.27 bits per heavy atom. The Balaban J connectivity index is 2.51. The molecule has 2 nitrogen and oxygen atoms in total. The minimum Gasteiger partial charge on any atom is -0.385 e. The van der Waals surface area contributed by atoms with Crippen LogP contribution in [0.5, 0.6) is 0 Å². The Kier molecular flexibility index (Phi) is 5.62. The third-order valence-electron chi connectivity index (χ3n) is 3.85. The van der Waals surface area contributed by atoms with Gasteiger partial charge in [-0.1, -0.05) is 26.7 Å². The molecule has 1 unspecified atom stereocenters. The maximum Gasteiger partial charge on any atom is 0.0462 e. The van der Waals surface area contributed by atoms with Crippen molar-refractivity contribution in [2.24, 2.45) is 5.92 Å². The normalized spacial score (nSPS) is 28.0. The fourth-order valence-corrected chi connectivity index (χ4v) is 2.69. The zero-order valence-electron chi connectivity index (χ0n) is 10.6. The van der Waals surface area contributed by atoms with Gasteiger partial charge in [-0.05, 0) is 38.1 Å². The molecule has 0 aromatic heterocycles. The minimum absolute atomic E-state index is 0.384. The van der Waals surface area contributed by atoms with Crippen LogP contribution in [0.3, 0.4) is 0 Å². The second-order valence-corrected chi connectivity index (χ2v) is 5.14. The van der Waals surface area contributed by atoms with Crippen molar-refractivity contribution in [2.45, 2.75) is 57.9 Å². The number of nitrogens with one attached hydrogen (secondary N) is 1. The summed E-state index contributed by atoms with van der Waals surface area (Å²) in [6.45, 7) is 6.80. The van der Waals surface area contributed by atoms with Crippen molar-refractivity contribution >= 4 is 0 Å². The Morgan fingerprint density at radius 3 is 2.73 bits per heavy atom. The molecule has 1 heterocycles. The molecule has 1 fully saturated rings. The SMILES string of the molecule is COCCCC1(C(C)C)CCCCCN1. The monoisotopic (exact) mass is 213 g/mol. The lowest BCUT2D eigenvalue weighted by Gasteiger charge is -2.38. The summed E-state index contributed by atoms with van der Waals surface area (Å²) in [6.07, 6.45) is 7.91. The molecule has 1 saturated heterocycles. The molecule has 0 aliphatic carbocycles. The Hall–Kier alpha value is -0.0800. The zero-order chi connectivity index (χ0) is 11.1. The maximum atomic E-state index is 5.16. The highest BCUT2D eigenvalue weighted by Crippen LogP contribution is 2.31. The lowest BCUT2D eigenvalue weighted by atomic mass is 9.79. The molecule has 1 aliphatic heterocycles. The molecule has 0 spiro atoms. The van der Waals surface area contributed by atoms with Crippen LogP contribution in [0.2, 0.25) is 0 Å². The average Bonchev–Trinajstić information content (AvgIpc) is 2.45. The first kappa shape index (κ1) is 13.0. The van der Waals surface area contributed by atoms with Gasteiger partial charge >= 0.3 is 0 Å². The van der Waals surface area contributed by atoms with E-state index < -0.39 is 0 Å². The van der Waals surface area contributed by atoms with E-state index in [0.717, 1.165) is 12.5 Å². The Morgan fingerprint density at radius 2 is 2.07 bits per heavy atom. The summed E-state index contributed by atoms with van der Waals surface area (Å²) < 4.78 is 5.16. The van der Waals surface area contributed by atoms with Crippen LogP contribution < -0.4 is 5.32 Å². The molecule has 1 rings (SSSR count). The van der Waals surface area contributed by atoms with Gasteiger partial charge in [-0.2, -0.15) is 0 Å². The first-order valence-electron chi connectivity index (χ1n) is 6.45. The summed E-state index contributed by atoms with van der Waals surface area (Å²) >= 11 is 0. The van der Waals surface area contributed by atoms with Gasteiger partial charge in [0.2, 0.25) is 0 Å². The van der Waals surface area contributed by atoms with Gasteiger partial charge in [-0.15, -0.1) is 0 Å².